The van der Waals surface area contributed by atoms with Crippen molar-refractivity contribution in [2.75, 3.05) is 5.75 Å². The summed E-state index contributed by atoms with van der Waals surface area (Å²) in [6.45, 7) is 1.87. The third-order valence-electron chi connectivity index (χ3n) is 2.17. The van der Waals surface area contributed by atoms with Crippen molar-refractivity contribution in [1.29, 1.82) is 0 Å². The Hall–Kier alpha value is -1.14. The van der Waals surface area contributed by atoms with Gasteiger partial charge in [-0.3, -0.25) is 4.79 Å². The summed E-state index contributed by atoms with van der Waals surface area (Å²) in [4.78, 5) is 14.5. The van der Waals surface area contributed by atoms with Crippen molar-refractivity contribution in [1.82, 2.24) is 4.98 Å². The first-order valence-corrected chi connectivity index (χ1v) is 7.10. The zero-order valence-corrected chi connectivity index (χ0v) is 10.9. The van der Waals surface area contributed by atoms with Crippen molar-refractivity contribution in [2.45, 2.75) is 24.7 Å². The maximum atomic E-state index is 12.0. The fraction of sp³-hybridized carbons (Fsp3) is 0.400. The van der Waals surface area contributed by atoms with E-state index in [0.29, 0.717) is 6.42 Å². The Kier molecular flexibility index (Phi) is 4.47. The van der Waals surface area contributed by atoms with Gasteiger partial charge in [0.1, 0.15) is 10.6 Å². The molecule has 0 spiro atoms. The zero-order chi connectivity index (χ0) is 13.1. The molecular formula is C10H13ClN2O3S. The van der Waals surface area contributed by atoms with Gasteiger partial charge in [0.15, 0.2) is 9.84 Å². The molecule has 1 amide bonds. The lowest BCUT2D eigenvalue weighted by Crippen LogP contribution is -2.20. The molecule has 7 heteroatoms. The summed E-state index contributed by atoms with van der Waals surface area (Å²) in [6, 6.07) is 1.33. The van der Waals surface area contributed by atoms with Crippen molar-refractivity contribution in [3.63, 3.8) is 0 Å². The number of sulfone groups is 1. The van der Waals surface area contributed by atoms with E-state index in [4.69, 9.17) is 17.3 Å². The largest absolute Gasteiger partial charge is 0.364 e. The van der Waals surface area contributed by atoms with E-state index >= 15 is 0 Å². The molecule has 17 heavy (non-hydrogen) atoms. The van der Waals surface area contributed by atoms with Gasteiger partial charge in [0.05, 0.1) is 10.8 Å². The predicted octanol–water partition coefficient (Wildman–Crippen LogP) is 1.41. The van der Waals surface area contributed by atoms with Gasteiger partial charge in [-0.1, -0.05) is 24.9 Å². The van der Waals surface area contributed by atoms with Crippen LogP contribution in [0.25, 0.3) is 0 Å². The summed E-state index contributed by atoms with van der Waals surface area (Å²) in [5.41, 5.74) is 4.79. The molecule has 1 aromatic heterocycles. The molecular weight excluding hydrogens is 264 g/mol. The predicted molar refractivity (Wildman–Crippen MR) is 64.7 cm³/mol. The van der Waals surface area contributed by atoms with E-state index in [9.17, 15) is 13.2 Å². The topological polar surface area (TPSA) is 90.1 Å². The number of hydrogen-bond acceptors (Lipinski definition) is 4. The van der Waals surface area contributed by atoms with Crippen LogP contribution in [0, 0.1) is 0 Å². The lowest BCUT2D eigenvalue weighted by atomic mass is 10.3. The van der Waals surface area contributed by atoms with E-state index in [1.54, 1.807) is 0 Å². The summed E-state index contributed by atoms with van der Waals surface area (Å²) < 4.78 is 24.0. The fourth-order valence-electron chi connectivity index (χ4n) is 1.33. The smallest absolute Gasteiger partial charge is 0.268 e. The van der Waals surface area contributed by atoms with Gasteiger partial charge in [-0.25, -0.2) is 13.4 Å². The molecule has 2 N–H and O–H groups in total. The zero-order valence-electron chi connectivity index (χ0n) is 9.31. The van der Waals surface area contributed by atoms with Crippen molar-refractivity contribution in [3.05, 3.63) is 23.0 Å². The third kappa shape index (κ3) is 3.17. The van der Waals surface area contributed by atoms with E-state index in [2.05, 4.69) is 4.98 Å². The van der Waals surface area contributed by atoms with Gasteiger partial charge in [-0.15, -0.1) is 0 Å². The van der Waals surface area contributed by atoms with Crippen LogP contribution in [0.3, 0.4) is 0 Å². The number of carbonyl (C=O) groups is 1. The van der Waals surface area contributed by atoms with Crippen LogP contribution >= 0.6 is 11.6 Å². The minimum atomic E-state index is -3.62. The van der Waals surface area contributed by atoms with Crippen molar-refractivity contribution in [2.24, 2.45) is 5.73 Å². The Balaban J connectivity index is 3.34. The molecule has 0 aliphatic carbocycles. The highest BCUT2D eigenvalue weighted by Crippen LogP contribution is 2.25. The number of rotatable bonds is 5. The van der Waals surface area contributed by atoms with E-state index in [1.807, 2.05) is 6.92 Å². The molecule has 0 aliphatic heterocycles. The third-order valence-corrected chi connectivity index (χ3v) is 4.46. The van der Waals surface area contributed by atoms with Crippen LogP contribution in [-0.2, 0) is 9.84 Å². The number of primary amides is 1. The van der Waals surface area contributed by atoms with Gasteiger partial charge >= 0.3 is 0 Å². The number of halogens is 1. The number of unbranched alkanes of at least 4 members (excludes halogenated alkanes) is 1. The second-order valence-electron chi connectivity index (χ2n) is 3.51. The van der Waals surface area contributed by atoms with Crippen LogP contribution in [0.5, 0.6) is 0 Å². The average Bonchev–Trinajstić information content (AvgIpc) is 2.25. The minimum Gasteiger partial charge on any atom is -0.364 e. The van der Waals surface area contributed by atoms with Crippen LogP contribution in [0.4, 0.5) is 0 Å². The van der Waals surface area contributed by atoms with E-state index < -0.39 is 15.7 Å². The molecule has 0 radical (unpaired) electrons. The Labute approximate surface area is 105 Å². The van der Waals surface area contributed by atoms with E-state index in [-0.39, 0.29) is 21.4 Å². The second kappa shape index (κ2) is 5.46. The maximum Gasteiger partial charge on any atom is 0.268 e. The molecule has 0 aromatic carbocycles. The highest BCUT2D eigenvalue weighted by Gasteiger charge is 2.25. The number of carbonyl (C=O) groups excluding carboxylic acids is 1. The number of aromatic nitrogens is 1. The standard InChI is InChI=1S/C10H13ClN2O3S/c1-2-3-6-17(15,16)9-7(11)4-5-13-8(9)10(12)14/h4-5H,2-3,6H2,1H3,(H2,12,14). The quantitative estimate of drug-likeness (QED) is 0.880. The fourth-order valence-corrected chi connectivity index (χ4v) is 3.52. The minimum absolute atomic E-state index is 0.0232. The molecule has 0 saturated carbocycles. The van der Waals surface area contributed by atoms with Gasteiger partial charge in [-0.2, -0.15) is 0 Å². The molecule has 0 unspecified atom stereocenters. The molecule has 0 aliphatic rings. The molecule has 94 valence electrons. The molecule has 0 atom stereocenters. The highest BCUT2D eigenvalue weighted by atomic mass is 35.5. The van der Waals surface area contributed by atoms with Gasteiger partial charge in [-0.05, 0) is 12.5 Å². The van der Waals surface area contributed by atoms with Gasteiger partial charge in [0.25, 0.3) is 5.91 Å². The SMILES string of the molecule is CCCCS(=O)(=O)c1c(Cl)ccnc1C(N)=O. The normalized spacial score (nSPS) is 11.4. The van der Waals surface area contributed by atoms with Gasteiger partial charge < -0.3 is 5.73 Å². The van der Waals surface area contributed by atoms with Crippen LogP contribution in [0.2, 0.25) is 5.02 Å². The summed E-state index contributed by atoms with van der Waals surface area (Å²) in [5.74, 6) is -0.975. The summed E-state index contributed by atoms with van der Waals surface area (Å²) in [5, 5.41) is -0.0232. The Morgan fingerprint density at radius 1 is 1.53 bits per heavy atom. The monoisotopic (exact) mass is 276 g/mol. The summed E-state index contributed by atoms with van der Waals surface area (Å²) >= 11 is 5.81. The number of nitrogens with zero attached hydrogens (tertiary/aromatic N) is 1. The van der Waals surface area contributed by atoms with Gasteiger partial charge in [0, 0.05) is 6.20 Å². The number of nitrogens with two attached hydrogens (primary N) is 1. The molecule has 5 nitrogen and oxygen atoms in total. The van der Waals surface area contributed by atoms with Crippen LogP contribution in [0.15, 0.2) is 17.2 Å². The molecule has 0 saturated heterocycles. The van der Waals surface area contributed by atoms with E-state index in [0.717, 1.165) is 6.42 Å². The van der Waals surface area contributed by atoms with E-state index in [1.165, 1.54) is 12.3 Å². The van der Waals surface area contributed by atoms with Crippen molar-refractivity contribution >= 4 is 27.3 Å². The first kappa shape index (κ1) is 13.9. The Morgan fingerprint density at radius 2 is 2.18 bits per heavy atom. The maximum absolute atomic E-state index is 12.0. The molecule has 1 aromatic rings. The lowest BCUT2D eigenvalue weighted by molar-refractivity contribution is 0.0992. The van der Waals surface area contributed by atoms with Crippen molar-refractivity contribution in [3.8, 4) is 0 Å². The first-order valence-electron chi connectivity index (χ1n) is 5.07. The summed E-state index contributed by atoms with van der Waals surface area (Å²) in [6.07, 6.45) is 2.47. The Morgan fingerprint density at radius 3 is 2.71 bits per heavy atom. The molecule has 0 fully saturated rings. The van der Waals surface area contributed by atoms with Crippen LogP contribution in [0.1, 0.15) is 30.3 Å². The summed E-state index contributed by atoms with van der Waals surface area (Å²) in [7, 11) is -3.62. The second-order valence-corrected chi connectivity index (χ2v) is 5.96. The molecule has 1 heterocycles. The van der Waals surface area contributed by atoms with Crippen LogP contribution in [-0.4, -0.2) is 25.1 Å². The average molecular weight is 277 g/mol. The molecule has 1 rings (SSSR count). The van der Waals surface area contributed by atoms with Gasteiger partial charge in [0.2, 0.25) is 0 Å². The number of amides is 1. The number of pyridine rings is 1. The highest BCUT2D eigenvalue weighted by molar-refractivity contribution is 7.91. The number of hydrogen-bond donors (Lipinski definition) is 1. The molecule has 0 bridgehead atoms. The van der Waals surface area contributed by atoms with Crippen molar-refractivity contribution < 1.29 is 13.2 Å². The Bertz CT molecular complexity index is 528. The lowest BCUT2D eigenvalue weighted by Gasteiger charge is -2.08. The first-order chi connectivity index (χ1) is 7.90. The van der Waals surface area contributed by atoms with Crippen LogP contribution < -0.4 is 5.73 Å².